The van der Waals surface area contributed by atoms with E-state index in [0.29, 0.717) is 6.54 Å². The molecule has 0 unspecified atom stereocenters. The van der Waals surface area contributed by atoms with E-state index in [1.165, 1.54) is 18.2 Å². The molecule has 1 amide bonds. The first kappa shape index (κ1) is 16.3. The van der Waals surface area contributed by atoms with Gasteiger partial charge in [0.25, 0.3) is 11.6 Å². The van der Waals surface area contributed by atoms with Gasteiger partial charge in [-0.3, -0.25) is 14.9 Å². The summed E-state index contributed by atoms with van der Waals surface area (Å²) in [5.74, 6) is 0.913. The maximum absolute atomic E-state index is 12.6. The van der Waals surface area contributed by atoms with Crippen molar-refractivity contribution < 1.29 is 9.72 Å². The van der Waals surface area contributed by atoms with Crippen LogP contribution in [0, 0.1) is 10.1 Å². The molecule has 0 aromatic heterocycles. The fraction of sp³-hybridized carbons (Fsp3) is 0.167. The lowest BCUT2D eigenvalue weighted by Crippen LogP contribution is -2.30. The maximum Gasteiger partial charge on any atom is 0.269 e. The van der Waals surface area contributed by atoms with Crippen molar-refractivity contribution in [3.8, 4) is 0 Å². The average Bonchev–Trinajstić information content (AvgIpc) is 2.82. The Bertz CT molecular complexity index is 787. The summed E-state index contributed by atoms with van der Waals surface area (Å²) in [6.45, 7) is 0.688. The summed E-state index contributed by atoms with van der Waals surface area (Å²) in [6.07, 6.45) is 4.15. The standard InChI is InChI=1S/C18H16N2O3S/c21-18(11-8-14-6-9-15(10-7-14)20(22)23)19-12-3-13-24-17-5-2-1-4-16(17)19/h1-2,4-11H,3,12-13H2/b11-8+. The van der Waals surface area contributed by atoms with Gasteiger partial charge in [-0.1, -0.05) is 12.1 Å². The summed E-state index contributed by atoms with van der Waals surface area (Å²) in [7, 11) is 0. The molecule has 0 saturated heterocycles. The highest BCUT2D eigenvalue weighted by Crippen LogP contribution is 2.33. The van der Waals surface area contributed by atoms with Crippen LogP contribution in [0.5, 0.6) is 0 Å². The summed E-state index contributed by atoms with van der Waals surface area (Å²) in [5, 5.41) is 10.7. The SMILES string of the molecule is O=C(/C=C/c1ccc([N+](=O)[O-])cc1)N1CCCSc2ccccc21. The molecule has 1 aliphatic heterocycles. The Kier molecular flexibility index (Phi) is 4.96. The normalized spacial score (nSPS) is 14.2. The molecule has 122 valence electrons. The number of hydrogen-bond acceptors (Lipinski definition) is 4. The maximum atomic E-state index is 12.6. The van der Waals surface area contributed by atoms with Crippen LogP contribution in [0.3, 0.4) is 0 Å². The first-order valence-electron chi connectivity index (χ1n) is 7.61. The zero-order valence-electron chi connectivity index (χ0n) is 12.9. The van der Waals surface area contributed by atoms with Crippen LogP contribution in [0.1, 0.15) is 12.0 Å². The third kappa shape index (κ3) is 3.65. The fourth-order valence-corrected chi connectivity index (χ4v) is 3.52. The topological polar surface area (TPSA) is 63.4 Å². The van der Waals surface area contributed by atoms with Gasteiger partial charge in [-0.25, -0.2) is 0 Å². The molecule has 0 bridgehead atoms. The van der Waals surface area contributed by atoms with Gasteiger partial charge in [0.1, 0.15) is 0 Å². The molecule has 24 heavy (non-hydrogen) atoms. The quantitative estimate of drug-likeness (QED) is 0.479. The first-order valence-corrected chi connectivity index (χ1v) is 8.59. The molecule has 0 atom stereocenters. The van der Waals surface area contributed by atoms with E-state index < -0.39 is 4.92 Å². The summed E-state index contributed by atoms with van der Waals surface area (Å²) >= 11 is 1.77. The number of thioether (sulfide) groups is 1. The van der Waals surface area contributed by atoms with E-state index in [4.69, 9.17) is 0 Å². The Hall–Kier alpha value is -2.60. The molecule has 0 N–H and O–H groups in total. The minimum absolute atomic E-state index is 0.0388. The minimum Gasteiger partial charge on any atom is -0.308 e. The Morgan fingerprint density at radius 2 is 1.92 bits per heavy atom. The molecule has 0 aliphatic carbocycles. The van der Waals surface area contributed by atoms with Gasteiger partial charge in [0.2, 0.25) is 0 Å². The number of fused-ring (bicyclic) bond motifs is 1. The number of nitro benzene ring substituents is 1. The van der Waals surface area contributed by atoms with E-state index in [1.54, 1.807) is 34.9 Å². The van der Waals surface area contributed by atoms with Crippen molar-refractivity contribution in [2.45, 2.75) is 11.3 Å². The van der Waals surface area contributed by atoms with Crippen molar-refractivity contribution >= 4 is 35.1 Å². The molecular weight excluding hydrogens is 324 g/mol. The van der Waals surface area contributed by atoms with Gasteiger partial charge in [-0.15, -0.1) is 11.8 Å². The van der Waals surface area contributed by atoms with Crippen LogP contribution in [-0.4, -0.2) is 23.1 Å². The molecule has 0 radical (unpaired) electrons. The molecular formula is C18H16N2O3S. The van der Waals surface area contributed by atoms with Crippen LogP contribution in [0.15, 0.2) is 59.5 Å². The Morgan fingerprint density at radius 3 is 2.67 bits per heavy atom. The number of benzene rings is 2. The predicted molar refractivity (Wildman–Crippen MR) is 96.3 cm³/mol. The minimum atomic E-state index is -0.440. The molecule has 1 aliphatic rings. The van der Waals surface area contributed by atoms with E-state index in [1.807, 2.05) is 24.3 Å². The number of para-hydroxylation sites is 1. The third-order valence-corrected chi connectivity index (χ3v) is 4.88. The number of carbonyl (C=O) groups excluding carboxylic acids is 1. The number of nitrogens with zero attached hydrogens (tertiary/aromatic N) is 2. The van der Waals surface area contributed by atoms with E-state index >= 15 is 0 Å². The zero-order valence-corrected chi connectivity index (χ0v) is 13.7. The summed E-state index contributed by atoms with van der Waals surface area (Å²) < 4.78 is 0. The van der Waals surface area contributed by atoms with Gasteiger partial charge >= 0.3 is 0 Å². The molecule has 0 fully saturated rings. The second-order valence-corrected chi connectivity index (χ2v) is 6.48. The second-order valence-electron chi connectivity index (χ2n) is 5.34. The Labute approximate surface area is 144 Å². The zero-order chi connectivity index (χ0) is 16.9. The number of non-ortho nitro benzene ring substituents is 1. The first-order chi connectivity index (χ1) is 11.6. The molecule has 6 heteroatoms. The highest BCUT2D eigenvalue weighted by molar-refractivity contribution is 7.99. The average molecular weight is 340 g/mol. The van der Waals surface area contributed by atoms with Gasteiger partial charge in [0, 0.05) is 29.6 Å². The monoisotopic (exact) mass is 340 g/mol. The number of rotatable bonds is 3. The number of nitro groups is 1. The van der Waals surface area contributed by atoms with Gasteiger partial charge in [-0.2, -0.15) is 0 Å². The van der Waals surface area contributed by atoms with Gasteiger partial charge in [-0.05, 0) is 48.1 Å². The lowest BCUT2D eigenvalue weighted by atomic mass is 10.2. The smallest absolute Gasteiger partial charge is 0.269 e. The summed E-state index contributed by atoms with van der Waals surface area (Å²) in [5.41, 5.74) is 1.74. The molecule has 3 rings (SSSR count). The highest BCUT2D eigenvalue weighted by Gasteiger charge is 2.19. The van der Waals surface area contributed by atoms with Crippen molar-refractivity contribution in [3.63, 3.8) is 0 Å². The molecule has 0 spiro atoms. The predicted octanol–water partition coefficient (Wildman–Crippen LogP) is 4.14. The Balaban J connectivity index is 1.78. The lowest BCUT2D eigenvalue weighted by molar-refractivity contribution is -0.384. The van der Waals surface area contributed by atoms with Crippen LogP contribution in [0.4, 0.5) is 11.4 Å². The van der Waals surface area contributed by atoms with Crippen molar-refractivity contribution in [1.29, 1.82) is 0 Å². The summed E-state index contributed by atoms with van der Waals surface area (Å²) in [6, 6.07) is 14.0. The molecule has 2 aromatic carbocycles. The molecule has 0 saturated carbocycles. The number of anilines is 1. The van der Waals surface area contributed by atoms with Crippen LogP contribution in [0.2, 0.25) is 0 Å². The Morgan fingerprint density at radius 1 is 1.17 bits per heavy atom. The third-order valence-electron chi connectivity index (χ3n) is 3.73. The van der Waals surface area contributed by atoms with E-state index in [0.717, 1.165) is 28.3 Å². The number of hydrogen-bond donors (Lipinski definition) is 0. The van der Waals surface area contributed by atoms with Crippen molar-refractivity contribution in [2.75, 3.05) is 17.2 Å². The van der Waals surface area contributed by atoms with Gasteiger partial charge in [0.15, 0.2) is 0 Å². The van der Waals surface area contributed by atoms with Crippen LogP contribution in [0.25, 0.3) is 6.08 Å². The van der Waals surface area contributed by atoms with Gasteiger partial charge < -0.3 is 4.90 Å². The van der Waals surface area contributed by atoms with Crippen molar-refractivity contribution in [2.24, 2.45) is 0 Å². The molecule has 2 aromatic rings. The van der Waals surface area contributed by atoms with Crippen LogP contribution >= 0.6 is 11.8 Å². The van der Waals surface area contributed by atoms with Gasteiger partial charge in [0.05, 0.1) is 10.6 Å². The van der Waals surface area contributed by atoms with Crippen molar-refractivity contribution in [1.82, 2.24) is 0 Å². The highest BCUT2D eigenvalue weighted by atomic mass is 32.2. The molecule has 1 heterocycles. The summed E-state index contributed by atoms with van der Waals surface area (Å²) in [4.78, 5) is 25.7. The number of carbonyl (C=O) groups is 1. The largest absolute Gasteiger partial charge is 0.308 e. The number of amides is 1. The second kappa shape index (κ2) is 7.31. The van der Waals surface area contributed by atoms with Crippen LogP contribution < -0.4 is 4.90 Å². The van der Waals surface area contributed by atoms with E-state index in [9.17, 15) is 14.9 Å². The van der Waals surface area contributed by atoms with Crippen LogP contribution in [-0.2, 0) is 4.79 Å². The molecule has 5 nitrogen and oxygen atoms in total. The van der Waals surface area contributed by atoms with E-state index in [2.05, 4.69) is 0 Å². The van der Waals surface area contributed by atoms with E-state index in [-0.39, 0.29) is 11.6 Å². The fourth-order valence-electron chi connectivity index (χ4n) is 2.52. The van der Waals surface area contributed by atoms with Crippen molar-refractivity contribution in [3.05, 3.63) is 70.3 Å². The lowest BCUT2D eigenvalue weighted by Gasteiger charge is -2.20.